The minimum Gasteiger partial charge on any atom is -0.295 e. The van der Waals surface area contributed by atoms with Crippen molar-refractivity contribution in [2.75, 3.05) is 7.05 Å². The van der Waals surface area contributed by atoms with Gasteiger partial charge in [0.05, 0.1) is 15.6 Å². The van der Waals surface area contributed by atoms with E-state index in [2.05, 4.69) is 20.7 Å². The smallest absolute Gasteiger partial charge is 0.275 e. The molecule has 2 aromatic rings. The number of rotatable bonds is 5. The van der Waals surface area contributed by atoms with Crippen LogP contribution in [-0.2, 0) is 13.1 Å². The van der Waals surface area contributed by atoms with Crippen molar-refractivity contribution in [1.82, 2.24) is 15.3 Å². The summed E-state index contributed by atoms with van der Waals surface area (Å²) in [5.74, 6) is 4.87. The Kier molecular flexibility index (Phi) is 4.65. The molecule has 0 spiro atoms. The number of nitrogen functional groups attached to an aromatic ring is 1. The van der Waals surface area contributed by atoms with Gasteiger partial charge in [0.1, 0.15) is 0 Å². The molecule has 102 valence electrons. The zero-order valence-electron chi connectivity index (χ0n) is 10.8. The molecule has 2 heterocycles. The summed E-state index contributed by atoms with van der Waals surface area (Å²) in [4.78, 5) is 19.7. The Morgan fingerprint density at radius 3 is 2.89 bits per heavy atom. The van der Waals surface area contributed by atoms with Crippen LogP contribution in [0.4, 0.5) is 0 Å². The van der Waals surface area contributed by atoms with Crippen molar-refractivity contribution in [3.8, 4) is 0 Å². The molecule has 7 heteroatoms. The lowest BCUT2D eigenvalue weighted by atomic mass is 10.3. The van der Waals surface area contributed by atoms with E-state index in [1.807, 2.05) is 20.0 Å². The number of thiazole rings is 1. The fourth-order valence-electron chi connectivity index (χ4n) is 1.74. The third-order valence-corrected chi connectivity index (χ3v) is 4.43. The SMILES string of the molecule is Cc1nc(CN(C)Cc2ccc(C(=O)NN)s2)cs1. The Hall–Kier alpha value is -1.28. The number of amides is 1. The second-order valence-electron chi connectivity index (χ2n) is 4.27. The van der Waals surface area contributed by atoms with Gasteiger partial charge in [-0.25, -0.2) is 10.8 Å². The highest BCUT2D eigenvalue weighted by atomic mass is 32.1. The number of carbonyl (C=O) groups excluding carboxylic acids is 1. The van der Waals surface area contributed by atoms with Crippen molar-refractivity contribution in [2.24, 2.45) is 5.84 Å². The first kappa shape index (κ1) is 14.1. The molecule has 0 unspecified atom stereocenters. The lowest BCUT2D eigenvalue weighted by molar-refractivity contribution is 0.0957. The van der Waals surface area contributed by atoms with Crippen LogP contribution < -0.4 is 11.3 Å². The van der Waals surface area contributed by atoms with Gasteiger partial charge in [-0.1, -0.05) is 0 Å². The van der Waals surface area contributed by atoms with Crippen molar-refractivity contribution < 1.29 is 4.79 Å². The van der Waals surface area contributed by atoms with E-state index < -0.39 is 0 Å². The van der Waals surface area contributed by atoms with Crippen molar-refractivity contribution in [3.63, 3.8) is 0 Å². The summed E-state index contributed by atoms with van der Waals surface area (Å²) in [7, 11) is 2.04. The molecular weight excluding hydrogens is 280 g/mol. The Labute approximate surface area is 120 Å². The quantitative estimate of drug-likeness (QED) is 0.501. The number of hydrazine groups is 1. The number of carbonyl (C=O) groups is 1. The third-order valence-electron chi connectivity index (χ3n) is 2.54. The number of thiophene rings is 1. The van der Waals surface area contributed by atoms with Gasteiger partial charge in [0.15, 0.2) is 0 Å². The molecule has 0 aliphatic rings. The fourth-order valence-corrected chi connectivity index (χ4v) is 3.33. The van der Waals surface area contributed by atoms with Gasteiger partial charge in [-0.2, -0.15) is 0 Å². The molecule has 0 radical (unpaired) electrons. The summed E-state index contributed by atoms with van der Waals surface area (Å²) in [6.45, 7) is 3.60. The van der Waals surface area contributed by atoms with Crippen LogP contribution in [0.3, 0.4) is 0 Å². The number of nitrogens with one attached hydrogen (secondary N) is 1. The largest absolute Gasteiger partial charge is 0.295 e. The summed E-state index contributed by atoms with van der Waals surface area (Å²) in [5, 5.41) is 3.16. The van der Waals surface area contributed by atoms with Crippen LogP contribution in [-0.4, -0.2) is 22.8 Å². The molecule has 2 rings (SSSR count). The van der Waals surface area contributed by atoms with Crippen LogP contribution in [0.2, 0.25) is 0 Å². The van der Waals surface area contributed by atoms with Gasteiger partial charge in [-0.3, -0.25) is 15.1 Å². The Morgan fingerprint density at radius 2 is 2.26 bits per heavy atom. The second-order valence-corrected chi connectivity index (χ2v) is 6.50. The van der Waals surface area contributed by atoms with Gasteiger partial charge >= 0.3 is 0 Å². The van der Waals surface area contributed by atoms with E-state index in [0.717, 1.165) is 28.7 Å². The van der Waals surface area contributed by atoms with E-state index in [9.17, 15) is 4.79 Å². The summed E-state index contributed by atoms with van der Waals surface area (Å²) in [6.07, 6.45) is 0. The van der Waals surface area contributed by atoms with Crippen LogP contribution in [0.25, 0.3) is 0 Å². The Morgan fingerprint density at radius 1 is 1.47 bits per heavy atom. The first-order chi connectivity index (χ1) is 9.08. The van der Waals surface area contributed by atoms with Gasteiger partial charge in [-0.15, -0.1) is 22.7 Å². The molecule has 0 atom stereocenters. The van der Waals surface area contributed by atoms with E-state index >= 15 is 0 Å². The van der Waals surface area contributed by atoms with Crippen LogP contribution in [0.15, 0.2) is 17.5 Å². The standard InChI is InChI=1S/C12H16N4OS2/c1-8-14-9(7-18-8)5-16(2)6-10-3-4-11(19-10)12(17)15-13/h3-4,7H,5-6,13H2,1-2H3,(H,15,17). The summed E-state index contributed by atoms with van der Waals surface area (Å²) in [6, 6.07) is 3.75. The number of nitrogens with two attached hydrogens (primary N) is 1. The molecule has 0 bridgehead atoms. The lowest BCUT2D eigenvalue weighted by Crippen LogP contribution is -2.29. The van der Waals surface area contributed by atoms with E-state index in [1.165, 1.54) is 11.3 Å². The Bertz CT molecular complexity index is 564. The first-order valence-electron chi connectivity index (χ1n) is 5.77. The number of nitrogens with zero attached hydrogens (tertiary/aromatic N) is 2. The van der Waals surface area contributed by atoms with E-state index in [1.54, 1.807) is 17.4 Å². The fraction of sp³-hybridized carbons (Fsp3) is 0.333. The molecule has 0 saturated heterocycles. The maximum Gasteiger partial charge on any atom is 0.275 e. The number of aromatic nitrogens is 1. The van der Waals surface area contributed by atoms with Gasteiger partial charge in [0.25, 0.3) is 5.91 Å². The molecule has 0 fully saturated rings. The normalized spacial score (nSPS) is 10.9. The maximum absolute atomic E-state index is 11.4. The van der Waals surface area contributed by atoms with Gasteiger partial charge in [0.2, 0.25) is 0 Å². The zero-order valence-corrected chi connectivity index (χ0v) is 12.5. The molecule has 0 saturated carbocycles. The van der Waals surface area contributed by atoms with Gasteiger partial charge < -0.3 is 0 Å². The van der Waals surface area contributed by atoms with E-state index in [0.29, 0.717) is 4.88 Å². The summed E-state index contributed by atoms with van der Waals surface area (Å²) < 4.78 is 0. The highest BCUT2D eigenvalue weighted by molar-refractivity contribution is 7.14. The summed E-state index contributed by atoms with van der Waals surface area (Å²) in [5.41, 5.74) is 3.22. The molecule has 3 N–H and O–H groups in total. The minimum absolute atomic E-state index is 0.242. The third kappa shape index (κ3) is 3.84. The monoisotopic (exact) mass is 296 g/mol. The topological polar surface area (TPSA) is 71.2 Å². The summed E-state index contributed by atoms with van der Waals surface area (Å²) >= 11 is 3.12. The van der Waals surface area contributed by atoms with Crippen molar-refractivity contribution in [3.05, 3.63) is 38.0 Å². The van der Waals surface area contributed by atoms with Crippen molar-refractivity contribution >= 4 is 28.6 Å². The predicted octanol–water partition coefficient (Wildman–Crippen LogP) is 1.75. The highest BCUT2D eigenvalue weighted by Gasteiger charge is 2.10. The van der Waals surface area contributed by atoms with Crippen LogP contribution in [0.1, 0.15) is 25.3 Å². The zero-order chi connectivity index (χ0) is 13.8. The van der Waals surface area contributed by atoms with Gasteiger partial charge in [-0.05, 0) is 26.1 Å². The van der Waals surface area contributed by atoms with Gasteiger partial charge in [0, 0.05) is 23.3 Å². The number of aryl methyl sites for hydroxylation is 1. The van der Waals surface area contributed by atoms with Crippen LogP contribution >= 0.6 is 22.7 Å². The molecule has 0 aliphatic heterocycles. The van der Waals surface area contributed by atoms with E-state index in [-0.39, 0.29) is 5.91 Å². The molecule has 0 aromatic carbocycles. The number of hydrogen-bond acceptors (Lipinski definition) is 6. The van der Waals surface area contributed by atoms with E-state index in [4.69, 9.17) is 5.84 Å². The maximum atomic E-state index is 11.4. The molecule has 0 aliphatic carbocycles. The molecular formula is C12H16N4OS2. The van der Waals surface area contributed by atoms with Crippen molar-refractivity contribution in [2.45, 2.75) is 20.0 Å². The van der Waals surface area contributed by atoms with Crippen LogP contribution in [0.5, 0.6) is 0 Å². The molecule has 1 amide bonds. The average Bonchev–Trinajstić information content (AvgIpc) is 2.98. The first-order valence-corrected chi connectivity index (χ1v) is 7.47. The Balaban J connectivity index is 1.93. The highest BCUT2D eigenvalue weighted by Crippen LogP contribution is 2.19. The average molecular weight is 296 g/mol. The van der Waals surface area contributed by atoms with Crippen molar-refractivity contribution in [1.29, 1.82) is 0 Å². The lowest BCUT2D eigenvalue weighted by Gasteiger charge is -2.13. The second kappa shape index (κ2) is 6.25. The molecule has 5 nitrogen and oxygen atoms in total. The molecule has 19 heavy (non-hydrogen) atoms. The molecule has 2 aromatic heterocycles. The van der Waals surface area contributed by atoms with Crippen LogP contribution in [0, 0.1) is 6.92 Å². The predicted molar refractivity (Wildman–Crippen MR) is 78.0 cm³/mol. The minimum atomic E-state index is -0.242. The number of hydrogen-bond donors (Lipinski definition) is 2.